The van der Waals surface area contributed by atoms with E-state index < -0.39 is 0 Å². The minimum atomic E-state index is 0.506. The molecule has 106 valence electrons. The normalized spacial score (nSPS) is 12.3. The van der Waals surface area contributed by atoms with Gasteiger partial charge >= 0.3 is 0 Å². The van der Waals surface area contributed by atoms with E-state index in [9.17, 15) is 0 Å². The first-order valence-corrected chi connectivity index (χ1v) is 7.94. The summed E-state index contributed by atoms with van der Waals surface area (Å²) < 4.78 is 1.20. The molecule has 1 heterocycles. The first kappa shape index (κ1) is 15.2. The molecule has 0 aliphatic rings. The van der Waals surface area contributed by atoms with Gasteiger partial charge in [-0.25, -0.2) is 0 Å². The number of likely N-dealkylation sites (N-methyl/N-ethyl adjacent to an activating group) is 1. The molecule has 1 aromatic carbocycles. The van der Waals surface area contributed by atoms with E-state index in [0.29, 0.717) is 6.04 Å². The van der Waals surface area contributed by atoms with Crippen molar-refractivity contribution in [2.45, 2.75) is 32.2 Å². The molecule has 0 aliphatic carbocycles. The van der Waals surface area contributed by atoms with Crippen LogP contribution < -0.4 is 5.32 Å². The molecule has 0 aliphatic heterocycles. The maximum atomic E-state index is 4.07. The van der Waals surface area contributed by atoms with Gasteiger partial charge in [-0.2, -0.15) is 0 Å². The van der Waals surface area contributed by atoms with Crippen molar-refractivity contribution < 1.29 is 0 Å². The molecule has 2 rings (SSSR count). The van der Waals surface area contributed by atoms with Crippen LogP contribution in [0, 0.1) is 0 Å². The van der Waals surface area contributed by atoms with Gasteiger partial charge in [-0.3, -0.25) is 4.98 Å². The summed E-state index contributed by atoms with van der Waals surface area (Å²) >= 11 is 3.64. The van der Waals surface area contributed by atoms with Crippen LogP contribution in [0.1, 0.15) is 24.5 Å². The molecule has 0 spiro atoms. The number of hydrogen-bond acceptors (Lipinski definition) is 2. The number of rotatable bonds is 7. The molecular formula is C17H21BrN2. The Morgan fingerprint density at radius 2 is 1.90 bits per heavy atom. The molecule has 0 saturated heterocycles. The van der Waals surface area contributed by atoms with Crippen molar-refractivity contribution in [3.05, 3.63) is 64.4 Å². The van der Waals surface area contributed by atoms with Crippen LogP contribution in [0.4, 0.5) is 0 Å². The third kappa shape index (κ3) is 4.73. The number of hydrogen-bond donors (Lipinski definition) is 1. The molecule has 2 nitrogen and oxygen atoms in total. The van der Waals surface area contributed by atoms with E-state index in [1.54, 1.807) is 0 Å². The average molecular weight is 333 g/mol. The highest BCUT2D eigenvalue weighted by atomic mass is 79.9. The second-order valence-electron chi connectivity index (χ2n) is 4.94. The van der Waals surface area contributed by atoms with Crippen molar-refractivity contribution in [1.29, 1.82) is 0 Å². The number of pyridine rings is 1. The number of aryl methyl sites for hydroxylation is 1. The van der Waals surface area contributed by atoms with Crippen LogP contribution in [0.2, 0.25) is 0 Å². The van der Waals surface area contributed by atoms with Gasteiger partial charge in [0.05, 0.1) is 0 Å². The van der Waals surface area contributed by atoms with Gasteiger partial charge in [0.25, 0.3) is 0 Å². The smallest absolute Gasteiger partial charge is 0.0270 e. The summed E-state index contributed by atoms with van der Waals surface area (Å²) in [4.78, 5) is 4.07. The van der Waals surface area contributed by atoms with Gasteiger partial charge in [-0.15, -0.1) is 0 Å². The molecular weight excluding hydrogens is 312 g/mol. The average Bonchev–Trinajstić information content (AvgIpc) is 2.48. The fourth-order valence-electron chi connectivity index (χ4n) is 2.38. The summed E-state index contributed by atoms with van der Waals surface area (Å²) in [6.45, 7) is 3.17. The summed E-state index contributed by atoms with van der Waals surface area (Å²) in [5.41, 5.74) is 2.73. The predicted octanol–water partition coefficient (Wildman–Crippen LogP) is 4.00. The van der Waals surface area contributed by atoms with Gasteiger partial charge in [0, 0.05) is 22.9 Å². The molecule has 2 aromatic rings. The van der Waals surface area contributed by atoms with Crippen LogP contribution in [-0.4, -0.2) is 17.6 Å². The molecule has 0 amide bonds. The lowest BCUT2D eigenvalue weighted by atomic mass is 9.99. The monoisotopic (exact) mass is 332 g/mol. The Morgan fingerprint density at radius 3 is 2.60 bits per heavy atom. The van der Waals surface area contributed by atoms with E-state index in [1.165, 1.54) is 15.6 Å². The minimum Gasteiger partial charge on any atom is -0.314 e. The Morgan fingerprint density at radius 1 is 1.15 bits per heavy atom. The highest BCUT2D eigenvalue weighted by Crippen LogP contribution is 2.19. The maximum Gasteiger partial charge on any atom is 0.0270 e. The van der Waals surface area contributed by atoms with Crippen molar-refractivity contribution in [1.82, 2.24) is 10.3 Å². The molecule has 20 heavy (non-hydrogen) atoms. The lowest BCUT2D eigenvalue weighted by Gasteiger charge is -2.18. The quantitative estimate of drug-likeness (QED) is 0.828. The molecule has 0 fully saturated rings. The zero-order valence-electron chi connectivity index (χ0n) is 11.8. The number of nitrogens with zero attached hydrogens (tertiary/aromatic N) is 1. The summed E-state index contributed by atoms with van der Waals surface area (Å²) in [5, 5.41) is 3.59. The van der Waals surface area contributed by atoms with Crippen LogP contribution in [0.25, 0.3) is 0 Å². The fraction of sp³-hybridized carbons (Fsp3) is 0.353. The lowest BCUT2D eigenvalue weighted by Crippen LogP contribution is -2.31. The topological polar surface area (TPSA) is 24.9 Å². The molecule has 1 unspecified atom stereocenters. The van der Waals surface area contributed by atoms with Crippen LogP contribution in [0.3, 0.4) is 0 Å². The fourth-order valence-corrected chi connectivity index (χ4v) is 2.83. The maximum absolute atomic E-state index is 4.07. The summed E-state index contributed by atoms with van der Waals surface area (Å²) in [6, 6.07) is 13.2. The second-order valence-corrected chi connectivity index (χ2v) is 5.80. The summed E-state index contributed by atoms with van der Waals surface area (Å²) in [7, 11) is 0. The highest BCUT2D eigenvalue weighted by molar-refractivity contribution is 9.10. The van der Waals surface area contributed by atoms with Gasteiger partial charge < -0.3 is 5.32 Å². The van der Waals surface area contributed by atoms with E-state index in [-0.39, 0.29) is 0 Å². The van der Waals surface area contributed by atoms with Crippen molar-refractivity contribution in [2.24, 2.45) is 0 Å². The Labute approximate surface area is 129 Å². The molecule has 3 heteroatoms. The third-order valence-corrected chi connectivity index (χ3v) is 4.22. The van der Waals surface area contributed by atoms with E-state index in [0.717, 1.165) is 25.8 Å². The molecule has 1 N–H and O–H groups in total. The first-order chi connectivity index (χ1) is 9.79. The van der Waals surface area contributed by atoms with E-state index in [4.69, 9.17) is 0 Å². The number of benzene rings is 1. The van der Waals surface area contributed by atoms with Gasteiger partial charge in [0.2, 0.25) is 0 Å². The number of aromatic nitrogens is 1. The van der Waals surface area contributed by atoms with Crippen molar-refractivity contribution in [3.63, 3.8) is 0 Å². The number of nitrogens with one attached hydrogen (secondary N) is 1. The molecule has 0 radical (unpaired) electrons. The zero-order valence-corrected chi connectivity index (χ0v) is 13.4. The van der Waals surface area contributed by atoms with Gasteiger partial charge in [-0.1, -0.05) is 41.1 Å². The summed E-state index contributed by atoms with van der Waals surface area (Å²) in [6.07, 6.45) is 7.01. The van der Waals surface area contributed by atoms with E-state index in [2.05, 4.69) is 69.6 Å². The molecule has 1 aromatic heterocycles. The Bertz CT molecular complexity index is 513. The van der Waals surface area contributed by atoms with E-state index >= 15 is 0 Å². The predicted molar refractivity (Wildman–Crippen MR) is 87.9 cm³/mol. The van der Waals surface area contributed by atoms with Gasteiger partial charge in [0.15, 0.2) is 0 Å². The van der Waals surface area contributed by atoms with Crippen LogP contribution in [0.15, 0.2) is 53.3 Å². The minimum absolute atomic E-state index is 0.506. The Balaban J connectivity index is 1.95. The van der Waals surface area contributed by atoms with Crippen molar-refractivity contribution in [3.8, 4) is 0 Å². The van der Waals surface area contributed by atoms with Gasteiger partial charge in [-0.05, 0) is 55.1 Å². The van der Waals surface area contributed by atoms with E-state index in [1.807, 2.05) is 12.4 Å². The molecule has 1 atom stereocenters. The molecule has 0 bridgehead atoms. The summed E-state index contributed by atoms with van der Waals surface area (Å²) in [5.74, 6) is 0. The lowest BCUT2D eigenvalue weighted by molar-refractivity contribution is 0.490. The van der Waals surface area contributed by atoms with Crippen LogP contribution in [0.5, 0.6) is 0 Å². The van der Waals surface area contributed by atoms with Crippen molar-refractivity contribution in [2.75, 3.05) is 6.54 Å². The van der Waals surface area contributed by atoms with Crippen LogP contribution >= 0.6 is 15.9 Å². The Kier molecular flexibility index (Phi) is 6.22. The standard InChI is InChI=1S/C17H21BrN2/c1-2-20-16(8-7-14-9-11-19-12-10-14)13-15-5-3-4-6-17(15)18/h3-6,9-12,16,20H,2,7-8,13H2,1H3. The highest BCUT2D eigenvalue weighted by Gasteiger charge is 2.10. The first-order valence-electron chi connectivity index (χ1n) is 7.15. The SMILES string of the molecule is CCNC(CCc1ccncc1)Cc1ccccc1Br. The zero-order chi connectivity index (χ0) is 14.2. The van der Waals surface area contributed by atoms with Gasteiger partial charge in [0.1, 0.15) is 0 Å². The Hall–Kier alpha value is -1.19. The van der Waals surface area contributed by atoms with Crippen molar-refractivity contribution >= 4 is 15.9 Å². The third-order valence-electron chi connectivity index (χ3n) is 3.45. The number of halogens is 1. The largest absolute Gasteiger partial charge is 0.314 e. The molecule has 0 saturated carbocycles. The second kappa shape index (κ2) is 8.18. The van der Waals surface area contributed by atoms with Crippen LogP contribution in [-0.2, 0) is 12.8 Å².